The molecular weight excluding hydrogens is 396 g/mol. The maximum absolute atomic E-state index is 12.6. The van der Waals surface area contributed by atoms with Crippen molar-refractivity contribution in [3.05, 3.63) is 35.4 Å². The fraction of sp³-hybridized carbons (Fsp3) is 0.759. The molecule has 0 radical (unpaired) electrons. The molecule has 0 spiro atoms. The number of unbranched alkanes of at least 4 members (excludes halogenated alkanes) is 6. The molecule has 0 aromatic heterocycles. The predicted octanol–water partition coefficient (Wildman–Crippen LogP) is 8.46. The van der Waals surface area contributed by atoms with Crippen LogP contribution in [-0.4, -0.2) is 24.8 Å². The van der Waals surface area contributed by atoms with Crippen LogP contribution in [0.3, 0.4) is 0 Å². The third kappa shape index (κ3) is 9.65. The summed E-state index contributed by atoms with van der Waals surface area (Å²) in [4.78, 5) is 12.6. The van der Waals surface area contributed by atoms with E-state index in [1.54, 1.807) is 0 Å². The van der Waals surface area contributed by atoms with Gasteiger partial charge in [-0.05, 0) is 75.5 Å². The summed E-state index contributed by atoms with van der Waals surface area (Å²) in [5.74, 6) is 1.32. The van der Waals surface area contributed by atoms with Gasteiger partial charge in [-0.1, -0.05) is 77.3 Å². The summed E-state index contributed by atoms with van der Waals surface area (Å²) in [7, 11) is 0. The predicted molar refractivity (Wildman–Crippen MR) is 134 cm³/mol. The van der Waals surface area contributed by atoms with Gasteiger partial charge in [0.05, 0.1) is 11.7 Å². The van der Waals surface area contributed by atoms with Gasteiger partial charge < -0.3 is 9.47 Å². The van der Waals surface area contributed by atoms with Gasteiger partial charge in [0.15, 0.2) is 0 Å². The number of hydrogen-bond donors (Lipinski definition) is 0. The molecule has 182 valence electrons. The fourth-order valence-corrected chi connectivity index (χ4v) is 4.80. The van der Waals surface area contributed by atoms with E-state index in [0.29, 0.717) is 11.5 Å². The number of carbonyl (C=O) groups excluding carboxylic acids is 1. The monoisotopic (exact) mass is 444 g/mol. The molecule has 2 rings (SSSR count). The van der Waals surface area contributed by atoms with Crippen molar-refractivity contribution in [3.8, 4) is 0 Å². The Balaban J connectivity index is 1.71. The second kappa shape index (κ2) is 15.5. The SMILES string of the molecule is CCCCCCCOC(C)C(C)OC(=O)c1ccc([C@H]2CC[C@H](CCCCC)CC2)cc1. The van der Waals surface area contributed by atoms with Crippen LogP contribution < -0.4 is 0 Å². The normalized spacial score (nSPS) is 20.6. The highest BCUT2D eigenvalue weighted by atomic mass is 16.6. The Morgan fingerprint density at radius 2 is 1.47 bits per heavy atom. The molecule has 1 aromatic carbocycles. The van der Waals surface area contributed by atoms with E-state index in [-0.39, 0.29) is 18.2 Å². The van der Waals surface area contributed by atoms with Crippen molar-refractivity contribution in [2.75, 3.05) is 6.61 Å². The third-order valence-corrected chi connectivity index (χ3v) is 7.26. The highest BCUT2D eigenvalue weighted by Crippen LogP contribution is 2.37. The number of hydrogen-bond acceptors (Lipinski definition) is 3. The fourth-order valence-electron chi connectivity index (χ4n) is 4.80. The quantitative estimate of drug-likeness (QED) is 0.201. The van der Waals surface area contributed by atoms with Crippen molar-refractivity contribution in [1.29, 1.82) is 0 Å². The van der Waals surface area contributed by atoms with Crippen molar-refractivity contribution in [3.63, 3.8) is 0 Å². The van der Waals surface area contributed by atoms with Crippen LogP contribution in [0.25, 0.3) is 0 Å². The molecule has 3 nitrogen and oxygen atoms in total. The highest BCUT2D eigenvalue weighted by Gasteiger charge is 2.23. The summed E-state index contributed by atoms with van der Waals surface area (Å²) >= 11 is 0. The molecule has 1 saturated carbocycles. The van der Waals surface area contributed by atoms with Crippen LogP contribution in [0.1, 0.15) is 133 Å². The molecule has 1 aliphatic rings. The molecule has 0 amide bonds. The Hall–Kier alpha value is -1.35. The number of rotatable bonds is 15. The van der Waals surface area contributed by atoms with Gasteiger partial charge in [-0.3, -0.25) is 0 Å². The van der Waals surface area contributed by atoms with Crippen molar-refractivity contribution in [2.24, 2.45) is 5.92 Å². The summed E-state index contributed by atoms with van der Waals surface area (Å²) in [5, 5.41) is 0. The van der Waals surface area contributed by atoms with E-state index in [4.69, 9.17) is 9.47 Å². The minimum Gasteiger partial charge on any atom is -0.456 e. The average molecular weight is 445 g/mol. The minimum atomic E-state index is -0.249. The van der Waals surface area contributed by atoms with Gasteiger partial charge in [-0.2, -0.15) is 0 Å². The maximum atomic E-state index is 12.6. The smallest absolute Gasteiger partial charge is 0.338 e. The third-order valence-electron chi connectivity index (χ3n) is 7.26. The zero-order chi connectivity index (χ0) is 23.2. The zero-order valence-corrected chi connectivity index (χ0v) is 21.2. The Kier molecular flexibility index (Phi) is 13.0. The maximum Gasteiger partial charge on any atom is 0.338 e. The van der Waals surface area contributed by atoms with E-state index in [2.05, 4.69) is 26.0 Å². The molecule has 2 atom stereocenters. The molecule has 3 heteroatoms. The minimum absolute atomic E-state index is 0.0862. The number of esters is 1. The molecule has 0 N–H and O–H groups in total. The van der Waals surface area contributed by atoms with Gasteiger partial charge in [0.25, 0.3) is 0 Å². The lowest BCUT2D eigenvalue weighted by atomic mass is 9.77. The number of benzene rings is 1. The Morgan fingerprint density at radius 1 is 0.844 bits per heavy atom. The molecule has 0 saturated heterocycles. The number of carbonyl (C=O) groups is 1. The van der Waals surface area contributed by atoms with E-state index in [1.165, 1.54) is 82.6 Å². The summed E-state index contributed by atoms with van der Waals surface area (Å²) in [6, 6.07) is 8.16. The summed E-state index contributed by atoms with van der Waals surface area (Å²) in [5.41, 5.74) is 2.02. The molecule has 1 aliphatic carbocycles. The Bertz CT molecular complexity index is 616. The van der Waals surface area contributed by atoms with Gasteiger partial charge in [-0.15, -0.1) is 0 Å². The number of ether oxygens (including phenoxy) is 2. The molecular formula is C29H48O3. The highest BCUT2D eigenvalue weighted by molar-refractivity contribution is 5.89. The summed E-state index contributed by atoms with van der Waals surface area (Å²) < 4.78 is 11.6. The van der Waals surface area contributed by atoms with Gasteiger partial charge in [0, 0.05) is 6.61 Å². The van der Waals surface area contributed by atoms with Crippen molar-refractivity contribution in [2.45, 2.75) is 129 Å². The van der Waals surface area contributed by atoms with Gasteiger partial charge >= 0.3 is 5.97 Å². The van der Waals surface area contributed by atoms with Gasteiger partial charge in [-0.25, -0.2) is 4.79 Å². The van der Waals surface area contributed by atoms with E-state index in [9.17, 15) is 4.79 Å². The van der Waals surface area contributed by atoms with Crippen molar-refractivity contribution in [1.82, 2.24) is 0 Å². The van der Waals surface area contributed by atoms with Crippen LogP contribution in [0, 0.1) is 5.92 Å². The molecule has 1 fully saturated rings. The van der Waals surface area contributed by atoms with Crippen molar-refractivity contribution < 1.29 is 14.3 Å². The van der Waals surface area contributed by atoms with Crippen LogP contribution >= 0.6 is 0 Å². The van der Waals surface area contributed by atoms with E-state index >= 15 is 0 Å². The van der Waals surface area contributed by atoms with Crippen LogP contribution in [0.5, 0.6) is 0 Å². The molecule has 2 unspecified atom stereocenters. The largest absolute Gasteiger partial charge is 0.456 e. The molecule has 32 heavy (non-hydrogen) atoms. The second-order valence-electron chi connectivity index (χ2n) is 9.94. The topological polar surface area (TPSA) is 35.5 Å². The summed E-state index contributed by atoms with van der Waals surface area (Å²) in [6.45, 7) is 9.16. The lowest BCUT2D eigenvalue weighted by Gasteiger charge is -2.29. The van der Waals surface area contributed by atoms with E-state index in [0.717, 1.165) is 18.9 Å². The van der Waals surface area contributed by atoms with Crippen LogP contribution in [0.15, 0.2) is 24.3 Å². The molecule has 0 heterocycles. The molecule has 1 aromatic rings. The second-order valence-corrected chi connectivity index (χ2v) is 9.94. The van der Waals surface area contributed by atoms with Crippen LogP contribution in [-0.2, 0) is 9.47 Å². The van der Waals surface area contributed by atoms with Gasteiger partial charge in [0.1, 0.15) is 6.10 Å². The Labute approximate surface area is 197 Å². The lowest BCUT2D eigenvalue weighted by molar-refractivity contribution is -0.0386. The first kappa shape index (κ1) is 26.9. The first-order valence-corrected chi connectivity index (χ1v) is 13.5. The van der Waals surface area contributed by atoms with E-state index < -0.39 is 0 Å². The molecule has 0 aliphatic heterocycles. The first-order chi connectivity index (χ1) is 15.5. The first-order valence-electron chi connectivity index (χ1n) is 13.5. The lowest BCUT2D eigenvalue weighted by Crippen LogP contribution is -2.29. The molecule has 0 bridgehead atoms. The Morgan fingerprint density at radius 3 is 2.12 bits per heavy atom. The van der Waals surface area contributed by atoms with Crippen molar-refractivity contribution >= 4 is 5.97 Å². The van der Waals surface area contributed by atoms with Crippen LogP contribution in [0.2, 0.25) is 0 Å². The van der Waals surface area contributed by atoms with Crippen LogP contribution in [0.4, 0.5) is 0 Å². The average Bonchev–Trinajstić information content (AvgIpc) is 2.82. The van der Waals surface area contributed by atoms with Gasteiger partial charge in [0.2, 0.25) is 0 Å². The summed E-state index contributed by atoms with van der Waals surface area (Å²) in [6.07, 6.45) is 16.5. The standard InChI is InChI=1S/C29H48O3/c1-5-7-9-10-12-22-31-23(3)24(4)32-29(30)28-20-18-27(19-21-28)26-16-14-25(15-17-26)13-11-8-6-2/h18-21,23-26H,5-17,22H2,1-4H3/t23?,24?,25-,26-. The van der Waals surface area contributed by atoms with E-state index in [1.807, 2.05) is 26.0 Å². The zero-order valence-electron chi connectivity index (χ0n) is 21.2.